The molecular formula is C12H14N6O4. The average Bonchev–Trinajstić information content (AvgIpc) is 3.18. The molecule has 4 rings (SSSR count). The largest absolute Gasteiger partial charge is 0.394 e. The zero-order valence-corrected chi connectivity index (χ0v) is 11.3. The lowest BCUT2D eigenvalue weighted by Crippen LogP contribution is -2.33. The van der Waals surface area contributed by atoms with E-state index in [1.54, 1.807) is 21.4 Å². The first-order chi connectivity index (χ1) is 10.6. The number of nitrogens with two attached hydrogens (primary N) is 1. The van der Waals surface area contributed by atoms with Crippen LogP contribution in [-0.4, -0.2) is 64.2 Å². The molecule has 1 aliphatic rings. The van der Waals surface area contributed by atoms with Gasteiger partial charge in [-0.05, 0) is 0 Å². The first-order valence-corrected chi connectivity index (χ1v) is 6.69. The number of anilines is 1. The molecular weight excluding hydrogens is 292 g/mol. The highest BCUT2D eigenvalue weighted by molar-refractivity contribution is 5.84. The second-order valence-corrected chi connectivity index (χ2v) is 5.15. The zero-order valence-electron chi connectivity index (χ0n) is 11.3. The molecule has 4 heterocycles. The molecule has 3 aromatic heterocycles. The quantitative estimate of drug-likeness (QED) is 0.437. The molecule has 1 saturated heterocycles. The number of hydrogen-bond acceptors (Lipinski definition) is 8. The van der Waals surface area contributed by atoms with Crippen molar-refractivity contribution in [1.82, 2.24) is 23.9 Å². The van der Waals surface area contributed by atoms with Crippen LogP contribution in [0.15, 0.2) is 18.7 Å². The minimum absolute atomic E-state index is 0.208. The molecule has 4 atom stereocenters. The van der Waals surface area contributed by atoms with E-state index in [1.807, 2.05) is 0 Å². The van der Waals surface area contributed by atoms with Gasteiger partial charge in [-0.3, -0.25) is 8.97 Å². The van der Waals surface area contributed by atoms with E-state index in [-0.39, 0.29) is 5.82 Å². The Hall–Kier alpha value is -2.27. The molecule has 0 amide bonds. The fourth-order valence-electron chi connectivity index (χ4n) is 2.77. The summed E-state index contributed by atoms with van der Waals surface area (Å²) in [7, 11) is 0. The maximum absolute atomic E-state index is 10.2. The number of aromatic nitrogens is 5. The van der Waals surface area contributed by atoms with Gasteiger partial charge in [0.15, 0.2) is 17.7 Å². The Balaban J connectivity index is 1.93. The Morgan fingerprint density at radius 1 is 1.27 bits per heavy atom. The van der Waals surface area contributed by atoms with Crippen molar-refractivity contribution in [3.05, 3.63) is 18.7 Å². The fourth-order valence-corrected chi connectivity index (χ4v) is 2.77. The number of fused-ring (bicyclic) bond motifs is 3. The molecule has 0 radical (unpaired) electrons. The van der Waals surface area contributed by atoms with Gasteiger partial charge < -0.3 is 25.8 Å². The van der Waals surface area contributed by atoms with Crippen LogP contribution in [0.1, 0.15) is 6.23 Å². The Labute approximate surface area is 123 Å². The Bertz CT molecular complexity index is 845. The molecule has 0 bridgehead atoms. The van der Waals surface area contributed by atoms with Gasteiger partial charge in [-0.1, -0.05) is 0 Å². The van der Waals surface area contributed by atoms with Gasteiger partial charge in [-0.25, -0.2) is 9.97 Å². The van der Waals surface area contributed by atoms with Gasteiger partial charge >= 0.3 is 0 Å². The SMILES string of the molecule is Nc1nc2nccn2c2c1ncn2C1OC(CO)C(O)C1O. The number of nitrogens with zero attached hydrogens (tertiary/aromatic N) is 5. The maximum Gasteiger partial charge on any atom is 0.237 e. The molecule has 0 aliphatic carbocycles. The molecule has 0 aromatic carbocycles. The van der Waals surface area contributed by atoms with Gasteiger partial charge in [0.2, 0.25) is 5.78 Å². The number of rotatable bonds is 2. The van der Waals surface area contributed by atoms with E-state index in [0.717, 1.165) is 0 Å². The van der Waals surface area contributed by atoms with Crippen molar-refractivity contribution in [2.75, 3.05) is 12.3 Å². The topological polar surface area (TPSA) is 144 Å². The molecule has 22 heavy (non-hydrogen) atoms. The predicted octanol–water partition coefficient (Wildman–Crippen LogP) is -1.73. The molecule has 10 heteroatoms. The van der Waals surface area contributed by atoms with E-state index in [9.17, 15) is 15.3 Å². The van der Waals surface area contributed by atoms with Crippen LogP contribution < -0.4 is 5.73 Å². The molecule has 1 fully saturated rings. The normalized spacial score (nSPS) is 28.9. The highest BCUT2D eigenvalue weighted by Crippen LogP contribution is 2.32. The van der Waals surface area contributed by atoms with E-state index < -0.39 is 31.1 Å². The van der Waals surface area contributed by atoms with E-state index >= 15 is 0 Å². The zero-order chi connectivity index (χ0) is 15.4. The Kier molecular flexibility index (Phi) is 2.81. The fraction of sp³-hybridized carbons (Fsp3) is 0.417. The van der Waals surface area contributed by atoms with Crippen molar-refractivity contribution in [1.29, 1.82) is 0 Å². The van der Waals surface area contributed by atoms with E-state index in [1.165, 1.54) is 6.33 Å². The summed E-state index contributed by atoms with van der Waals surface area (Å²) < 4.78 is 8.74. The van der Waals surface area contributed by atoms with Gasteiger partial charge in [-0.2, -0.15) is 4.98 Å². The minimum atomic E-state index is -1.21. The second kappa shape index (κ2) is 4.61. The van der Waals surface area contributed by atoms with Crippen LogP contribution in [0.2, 0.25) is 0 Å². The summed E-state index contributed by atoms with van der Waals surface area (Å²) in [6.07, 6.45) is 0.536. The number of imidazole rings is 2. The van der Waals surface area contributed by atoms with Crippen molar-refractivity contribution in [2.45, 2.75) is 24.5 Å². The van der Waals surface area contributed by atoms with Crippen molar-refractivity contribution in [3.63, 3.8) is 0 Å². The van der Waals surface area contributed by atoms with E-state index in [0.29, 0.717) is 16.9 Å². The number of aliphatic hydroxyl groups is 3. The lowest BCUT2D eigenvalue weighted by molar-refractivity contribution is -0.0511. The summed E-state index contributed by atoms with van der Waals surface area (Å²) >= 11 is 0. The number of nitrogen functional groups attached to an aromatic ring is 1. The second-order valence-electron chi connectivity index (χ2n) is 5.15. The number of aliphatic hydroxyl groups excluding tert-OH is 3. The first kappa shape index (κ1) is 13.4. The maximum atomic E-state index is 10.2. The number of ether oxygens (including phenoxy) is 1. The number of hydrogen-bond donors (Lipinski definition) is 4. The smallest absolute Gasteiger partial charge is 0.237 e. The highest BCUT2D eigenvalue weighted by atomic mass is 16.6. The molecule has 10 nitrogen and oxygen atoms in total. The lowest BCUT2D eigenvalue weighted by atomic mass is 10.1. The summed E-state index contributed by atoms with van der Waals surface area (Å²) in [5, 5.41) is 29.3. The average molecular weight is 306 g/mol. The van der Waals surface area contributed by atoms with Crippen LogP contribution in [-0.2, 0) is 4.74 Å². The van der Waals surface area contributed by atoms with Gasteiger partial charge in [0.05, 0.1) is 12.9 Å². The van der Waals surface area contributed by atoms with E-state index in [4.69, 9.17) is 10.5 Å². The summed E-state index contributed by atoms with van der Waals surface area (Å²) in [6, 6.07) is 0. The van der Waals surface area contributed by atoms with Gasteiger partial charge in [0.25, 0.3) is 0 Å². The molecule has 0 saturated carbocycles. The first-order valence-electron chi connectivity index (χ1n) is 6.69. The molecule has 0 spiro atoms. The third kappa shape index (κ3) is 1.66. The van der Waals surface area contributed by atoms with Crippen LogP contribution in [0.4, 0.5) is 5.82 Å². The van der Waals surface area contributed by atoms with Gasteiger partial charge in [0.1, 0.15) is 23.8 Å². The molecule has 3 aromatic rings. The molecule has 4 unspecified atom stereocenters. The van der Waals surface area contributed by atoms with Crippen molar-refractivity contribution < 1.29 is 20.1 Å². The van der Waals surface area contributed by atoms with Crippen LogP contribution in [0.3, 0.4) is 0 Å². The monoisotopic (exact) mass is 306 g/mol. The highest BCUT2D eigenvalue weighted by Gasteiger charge is 2.44. The predicted molar refractivity (Wildman–Crippen MR) is 73.7 cm³/mol. The summed E-state index contributed by atoms with van der Waals surface area (Å²) in [5.41, 5.74) is 6.85. The molecule has 5 N–H and O–H groups in total. The minimum Gasteiger partial charge on any atom is -0.394 e. The van der Waals surface area contributed by atoms with Crippen molar-refractivity contribution in [2.24, 2.45) is 0 Å². The third-order valence-electron chi connectivity index (χ3n) is 3.87. The van der Waals surface area contributed by atoms with Crippen LogP contribution in [0.25, 0.3) is 16.9 Å². The summed E-state index contributed by atoms with van der Waals surface area (Å²) in [5.74, 6) is 0.595. The summed E-state index contributed by atoms with van der Waals surface area (Å²) in [6.45, 7) is -0.397. The third-order valence-corrected chi connectivity index (χ3v) is 3.87. The Morgan fingerprint density at radius 2 is 2.09 bits per heavy atom. The van der Waals surface area contributed by atoms with Crippen molar-refractivity contribution >= 4 is 22.8 Å². The van der Waals surface area contributed by atoms with Gasteiger partial charge in [-0.15, -0.1) is 0 Å². The van der Waals surface area contributed by atoms with Crippen LogP contribution >= 0.6 is 0 Å². The van der Waals surface area contributed by atoms with Gasteiger partial charge in [0, 0.05) is 12.4 Å². The van der Waals surface area contributed by atoms with E-state index in [2.05, 4.69) is 15.0 Å². The summed E-state index contributed by atoms with van der Waals surface area (Å²) in [4.78, 5) is 12.4. The van der Waals surface area contributed by atoms with Crippen LogP contribution in [0, 0.1) is 0 Å². The van der Waals surface area contributed by atoms with Crippen molar-refractivity contribution in [3.8, 4) is 0 Å². The Morgan fingerprint density at radius 3 is 2.82 bits per heavy atom. The van der Waals surface area contributed by atoms with Crippen LogP contribution in [0.5, 0.6) is 0 Å². The lowest BCUT2D eigenvalue weighted by Gasteiger charge is -2.17. The standard InChI is InChI=1S/C12H14N6O4/c13-9-6-10(17-2-1-14-12(17)16-9)18(4-15-6)11-8(21)7(20)5(3-19)22-11/h1-2,4-5,7-8,11,19-21H,3H2,(H2,13,14,16). The molecule has 116 valence electrons. The molecule has 1 aliphatic heterocycles.